The molecule has 126 valence electrons. The molecule has 24 heavy (non-hydrogen) atoms. The van der Waals surface area contributed by atoms with E-state index in [0.717, 1.165) is 11.1 Å². The minimum Gasteiger partial charge on any atom is -0.493 e. The second kappa shape index (κ2) is 8.62. The van der Waals surface area contributed by atoms with Gasteiger partial charge in [0.1, 0.15) is 0 Å². The summed E-state index contributed by atoms with van der Waals surface area (Å²) in [6, 6.07) is 10.7. The molecule has 0 unspecified atom stereocenters. The maximum Gasteiger partial charge on any atom is 0.244 e. The summed E-state index contributed by atoms with van der Waals surface area (Å²) < 4.78 is 10.4. The predicted octanol–water partition coefficient (Wildman–Crippen LogP) is 4.34. The summed E-state index contributed by atoms with van der Waals surface area (Å²) >= 11 is 11.8. The lowest BCUT2D eigenvalue weighted by atomic mass is 10.2. The van der Waals surface area contributed by atoms with Gasteiger partial charge in [0.2, 0.25) is 5.91 Å². The highest BCUT2D eigenvalue weighted by atomic mass is 35.5. The monoisotopic (exact) mass is 365 g/mol. The lowest BCUT2D eigenvalue weighted by Gasteiger charge is -2.09. The van der Waals surface area contributed by atoms with E-state index >= 15 is 0 Å². The highest BCUT2D eigenvalue weighted by Gasteiger charge is 2.05. The highest BCUT2D eigenvalue weighted by Crippen LogP contribution is 2.27. The Morgan fingerprint density at radius 1 is 1.04 bits per heavy atom. The molecule has 0 heterocycles. The first-order valence-electron chi connectivity index (χ1n) is 7.15. The van der Waals surface area contributed by atoms with Crippen molar-refractivity contribution in [2.24, 2.45) is 0 Å². The fourth-order valence-electron chi connectivity index (χ4n) is 2.03. The van der Waals surface area contributed by atoms with Gasteiger partial charge in [-0.3, -0.25) is 4.79 Å². The zero-order valence-corrected chi connectivity index (χ0v) is 14.8. The SMILES string of the molecule is COc1ccc(CNC(=O)/C=C/c2ccc(Cl)c(Cl)c2)cc1OC. The summed E-state index contributed by atoms with van der Waals surface area (Å²) in [5.41, 5.74) is 1.70. The van der Waals surface area contributed by atoms with Crippen LogP contribution in [0, 0.1) is 0 Å². The fraction of sp³-hybridized carbons (Fsp3) is 0.167. The van der Waals surface area contributed by atoms with Crippen molar-refractivity contribution in [2.45, 2.75) is 6.54 Å². The predicted molar refractivity (Wildman–Crippen MR) is 96.9 cm³/mol. The molecule has 0 saturated carbocycles. The average molecular weight is 366 g/mol. The van der Waals surface area contributed by atoms with Gasteiger partial charge in [0.05, 0.1) is 24.3 Å². The van der Waals surface area contributed by atoms with E-state index in [0.29, 0.717) is 28.1 Å². The van der Waals surface area contributed by atoms with E-state index in [1.807, 2.05) is 12.1 Å². The molecule has 0 atom stereocenters. The van der Waals surface area contributed by atoms with Gasteiger partial charge >= 0.3 is 0 Å². The van der Waals surface area contributed by atoms with Crippen LogP contribution in [0.5, 0.6) is 11.5 Å². The van der Waals surface area contributed by atoms with Gasteiger partial charge in [-0.15, -0.1) is 0 Å². The van der Waals surface area contributed by atoms with Gasteiger partial charge in [-0.1, -0.05) is 35.3 Å². The lowest BCUT2D eigenvalue weighted by Crippen LogP contribution is -2.20. The Bertz CT molecular complexity index is 760. The average Bonchev–Trinajstić information content (AvgIpc) is 2.60. The summed E-state index contributed by atoms with van der Waals surface area (Å²) in [4.78, 5) is 11.9. The minimum absolute atomic E-state index is 0.212. The summed E-state index contributed by atoms with van der Waals surface area (Å²) in [6.45, 7) is 0.380. The minimum atomic E-state index is -0.212. The number of hydrogen-bond donors (Lipinski definition) is 1. The van der Waals surface area contributed by atoms with Crippen molar-refractivity contribution in [1.82, 2.24) is 5.32 Å². The van der Waals surface area contributed by atoms with E-state index in [-0.39, 0.29) is 5.91 Å². The van der Waals surface area contributed by atoms with Crippen molar-refractivity contribution in [2.75, 3.05) is 14.2 Å². The molecular formula is C18H17Cl2NO3. The van der Waals surface area contributed by atoms with Gasteiger partial charge in [0, 0.05) is 12.6 Å². The number of benzene rings is 2. The fourth-order valence-corrected chi connectivity index (χ4v) is 2.33. The molecule has 0 aliphatic carbocycles. The molecule has 0 radical (unpaired) electrons. The van der Waals surface area contributed by atoms with Crippen molar-refractivity contribution in [3.63, 3.8) is 0 Å². The molecule has 2 aromatic rings. The first kappa shape index (κ1) is 18.2. The van der Waals surface area contributed by atoms with Crippen LogP contribution in [0.15, 0.2) is 42.5 Å². The van der Waals surface area contributed by atoms with Gasteiger partial charge in [0.25, 0.3) is 0 Å². The molecular weight excluding hydrogens is 349 g/mol. The van der Waals surface area contributed by atoms with E-state index in [9.17, 15) is 4.79 Å². The van der Waals surface area contributed by atoms with Crippen LogP contribution in [-0.2, 0) is 11.3 Å². The maximum absolute atomic E-state index is 11.9. The molecule has 0 bridgehead atoms. The summed E-state index contributed by atoms with van der Waals surface area (Å²) in [6.07, 6.45) is 3.12. The van der Waals surface area contributed by atoms with Gasteiger partial charge in [0.15, 0.2) is 11.5 Å². The van der Waals surface area contributed by atoms with E-state index < -0.39 is 0 Å². The van der Waals surface area contributed by atoms with Gasteiger partial charge in [-0.05, 0) is 41.5 Å². The molecule has 0 fully saturated rings. The molecule has 2 rings (SSSR count). The van der Waals surface area contributed by atoms with Gasteiger partial charge < -0.3 is 14.8 Å². The molecule has 0 aliphatic heterocycles. The maximum atomic E-state index is 11.9. The number of ether oxygens (including phenoxy) is 2. The molecule has 1 N–H and O–H groups in total. The quantitative estimate of drug-likeness (QED) is 0.774. The summed E-state index contributed by atoms with van der Waals surface area (Å²) in [5, 5.41) is 3.73. The Kier molecular flexibility index (Phi) is 6.53. The zero-order chi connectivity index (χ0) is 17.5. The van der Waals surface area contributed by atoms with Crippen molar-refractivity contribution >= 4 is 35.2 Å². The van der Waals surface area contributed by atoms with E-state index in [4.69, 9.17) is 32.7 Å². The molecule has 0 saturated heterocycles. The smallest absolute Gasteiger partial charge is 0.244 e. The lowest BCUT2D eigenvalue weighted by molar-refractivity contribution is -0.116. The zero-order valence-electron chi connectivity index (χ0n) is 13.3. The topological polar surface area (TPSA) is 47.6 Å². The Balaban J connectivity index is 1.95. The van der Waals surface area contributed by atoms with Crippen molar-refractivity contribution in [1.29, 1.82) is 0 Å². The van der Waals surface area contributed by atoms with Crippen LogP contribution in [0.2, 0.25) is 10.0 Å². The molecule has 0 spiro atoms. The highest BCUT2D eigenvalue weighted by molar-refractivity contribution is 6.42. The third-order valence-corrected chi connectivity index (χ3v) is 4.02. The largest absolute Gasteiger partial charge is 0.493 e. The molecule has 6 heteroatoms. The van der Waals surface area contributed by atoms with Crippen LogP contribution < -0.4 is 14.8 Å². The number of halogens is 2. The van der Waals surface area contributed by atoms with Gasteiger partial charge in [-0.25, -0.2) is 0 Å². The van der Waals surface area contributed by atoms with Crippen molar-refractivity contribution < 1.29 is 14.3 Å². The van der Waals surface area contributed by atoms with E-state index in [1.165, 1.54) is 6.08 Å². The Morgan fingerprint density at radius 2 is 1.79 bits per heavy atom. The number of rotatable bonds is 6. The van der Waals surface area contributed by atoms with Crippen LogP contribution in [0.3, 0.4) is 0 Å². The third kappa shape index (κ3) is 4.91. The van der Waals surface area contributed by atoms with E-state index in [1.54, 1.807) is 44.6 Å². The number of carbonyl (C=O) groups is 1. The standard InChI is InChI=1S/C18H17Cl2NO3/c1-23-16-7-4-13(10-17(16)24-2)11-21-18(22)8-5-12-3-6-14(19)15(20)9-12/h3-10H,11H2,1-2H3,(H,21,22)/b8-5+. The third-order valence-electron chi connectivity index (χ3n) is 3.29. The van der Waals surface area contributed by atoms with Gasteiger partial charge in [-0.2, -0.15) is 0 Å². The van der Waals surface area contributed by atoms with Crippen LogP contribution in [-0.4, -0.2) is 20.1 Å². The van der Waals surface area contributed by atoms with Crippen LogP contribution >= 0.6 is 23.2 Å². The normalized spacial score (nSPS) is 10.7. The number of hydrogen-bond acceptors (Lipinski definition) is 3. The molecule has 2 aromatic carbocycles. The number of carbonyl (C=O) groups excluding carboxylic acids is 1. The molecule has 4 nitrogen and oxygen atoms in total. The molecule has 1 amide bonds. The molecule has 0 aliphatic rings. The second-order valence-corrected chi connectivity index (χ2v) is 5.73. The Hall–Kier alpha value is -2.17. The van der Waals surface area contributed by atoms with Crippen molar-refractivity contribution in [3.05, 3.63) is 63.6 Å². The molecule has 0 aromatic heterocycles. The van der Waals surface area contributed by atoms with Crippen LogP contribution in [0.4, 0.5) is 0 Å². The number of nitrogens with one attached hydrogen (secondary N) is 1. The summed E-state index contributed by atoms with van der Waals surface area (Å²) in [5.74, 6) is 1.05. The van der Waals surface area contributed by atoms with Crippen LogP contribution in [0.1, 0.15) is 11.1 Å². The van der Waals surface area contributed by atoms with Crippen LogP contribution in [0.25, 0.3) is 6.08 Å². The Labute approximate surface area is 151 Å². The van der Waals surface area contributed by atoms with E-state index in [2.05, 4.69) is 5.32 Å². The number of amides is 1. The number of methoxy groups -OCH3 is 2. The first-order chi connectivity index (χ1) is 11.5. The summed E-state index contributed by atoms with van der Waals surface area (Å²) in [7, 11) is 3.15. The first-order valence-corrected chi connectivity index (χ1v) is 7.91. The Morgan fingerprint density at radius 3 is 2.46 bits per heavy atom. The second-order valence-electron chi connectivity index (χ2n) is 4.91. The van der Waals surface area contributed by atoms with Crippen molar-refractivity contribution in [3.8, 4) is 11.5 Å².